The lowest BCUT2D eigenvalue weighted by molar-refractivity contribution is 0.000873. The normalized spacial score (nSPS) is 12.2. The maximum absolute atomic E-state index is 12.3. The first-order chi connectivity index (χ1) is 12.4. The molecule has 1 aromatic heterocycles. The molecule has 5 nitrogen and oxygen atoms in total. The number of aliphatic hydroxyl groups excluding tert-OH is 1. The van der Waals surface area contributed by atoms with Crippen LogP contribution in [0.25, 0.3) is 10.9 Å². The van der Waals surface area contributed by atoms with Gasteiger partial charge in [0.25, 0.3) is 0 Å². The molecule has 0 saturated heterocycles. The monoisotopic (exact) mass is 393 g/mol. The summed E-state index contributed by atoms with van der Waals surface area (Å²) in [5.41, 5.74) is 2.02. The number of aromatic nitrogens is 1. The van der Waals surface area contributed by atoms with E-state index in [1.165, 1.54) is 14.0 Å². The van der Waals surface area contributed by atoms with Gasteiger partial charge in [-0.3, -0.25) is 0 Å². The predicted octanol–water partition coefficient (Wildman–Crippen LogP) is 4.50. The van der Waals surface area contributed by atoms with E-state index in [9.17, 15) is 9.90 Å². The van der Waals surface area contributed by atoms with Crippen molar-refractivity contribution in [3.8, 4) is 5.75 Å². The number of esters is 1. The van der Waals surface area contributed by atoms with E-state index in [4.69, 9.17) is 32.7 Å². The molecule has 2 aromatic carbocycles. The van der Waals surface area contributed by atoms with Crippen molar-refractivity contribution < 1.29 is 19.4 Å². The molecule has 0 radical (unpaired) electrons. The summed E-state index contributed by atoms with van der Waals surface area (Å²) < 4.78 is 12.2. The predicted molar refractivity (Wildman–Crippen MR) is 101 cm³/mol. The average Bonchev–Trinajstić information content (AvgIpc) is 2.97. The number of methoxy groups -OCH3 is 1. The van der Waals surface area contributed by atoms with Crippen LogP contribution < -0.4 is 4.74 Å². The third-order valence-electron chi connectivity index (χ3n) is 3.92. The van der Waals surface area contributed by atoms with Gasteiger partial charge in [0.1, 0.15) is 11.4 Å². The second-order valence-corrected chi connectivity index (χ2v) is 6.58. The molecular formula is C19H17Cl2NO4. The highest BCUT2D eigenvalue weighted by Crippen LogP contribution is 2.31. The minimum Gasteiger partial charge on any atom is -0.465 e. The minimum absolute atomic E-state index is 0.371. The Balaban J connectivity index is 2.14. The summed E-state index contributed by atoms with van der Waals surface area (Å²) in [5, 5.41) is 11.2. The van der Waals surface area contributed by atoms with Gasteiger partial charge in [0.2, 0.25) is 0 Å². The standard InChI is InChI=1S/C19H17Cl2NO4/c1-11(23)26-18-5-3-4-16-13(18)9-17(19(24)25-2)22(16)10-12-6-7-14(20)15(21)8-12/h3-9,11,23H,10H2,1-2H3. The van der Waals surface area contributed by atoms with Crippen molar-refractivity contribution in [3.05, 3.63) is 63.8 Å². The SMILES string of the molecule is COC(=O)c1cc2c(OC(C)O)cccc2n1Cc1ccc(Cl)c(Cl)c1. The van der Waals surface area contributed by atoms with Gasteiger partial charge >= 0.3 is 5.97 Å². The number of benzene rings is 2. The Morgan fingerprint density at radius 2 is 1.96 bits per heavy atom. The van der Waals surface area contributed by atoms with Gasteiger partial charge in [-0.1, -0.05) is 35.3 Å². The van der Waals surface area contributed by atoms with Gasteiger partial charge in [-0.05, 0) is 42.8 Å². The summed E-state index contributed by atoms with van der Waals surface area (Å²) in [6.07, 6.45) is -0.972. The number of carbonyl (C=O) groups excluding carboxylic acids is 1. The van der Waals surface area contributed by atoms with Crippen molar-refractivity contribution in [1.82, 2.24) is 4.57 Å². The van der Waals surface area contributed by atoms with Gasteiger partial charge in [-0.15, -0.1) is 0 Å². The Morgan fingerprint density at radius 1 is 1.19 bits per heavy atom. The number of nitrogens with zero attached hydrogens (tertiary/aromatic N) is 1. The molecule has 1 N–H and O–H groups in total. The van der Waals surface area contributed by atoms with E-state index in [2.05, 4.69) is 0 Å². The smallest absolute Gasteiger partial charge is 0.354 e. The number of aliphatic hydroxyl groups is 1. The summed E-state index contributed by atoms with van der Waals surface area (Å²) in [4.78, 5) is 12.3. The first-order valence-corrected chi connectivity index (χ1v) is 8.65. The van der Waals surface area contributed by atoms with E-state index < -0.39 is 12.3 Å². The number of hydrogen-bond donors (Lipinski definition) is 1. The van der Waals surface area contributed by atoms with E-state index in [-0.39, 0.29) is 0 Å². The molecule has 1 heterocycles. The summed E-state index contributed by atoms with van der Waals surface area (Å²) in [6, 6.07) is 12.4. The third-order valence-corrected chi connectivity index (χ3v) is 4.66. The Morgan fingerprint density at radius 3 is 2.62 bits per heavy atom. The molecule has 0 fully saturated rings. The van der Waals surface area contributed by atoms with Gasteiger partial charge < -0.3 is 19.1 Å². The highest BCUT2D eigenvalue weighted by atomic mass is 35.5. The fraction of sp³-hybridized carbons (Fsp3) is 0.211. The van der Waals surface area contributed by atoms with E-state index >= 15 is 0 Å². The molecule has 136 valence electrons. The molecule has 3 rings (SSSR count). The van der Waals surface area contributed by atoms with Crippen LogP contribution in [0.4, 0.5) is 0 Å². The number of rotatable bonds is 5. The lowest BCUT2D eigenvalue weighted by atomic mass is 10.2. The number of halogens is 2. The number of fused-ring (bicyclic) bond motifs is 1. The van der Waals surface area contributed by atoms with Gasteiger partial charge in [0, 0.05) is 11.9 Å². The molecule has 7 heteroatoms. The lowest BCUT2D eigenvalue weighted by Crippen LogP contribution is -2.11. The fourth-order valence-electron chi connectivity index (χ4n) is 2.81. The van der Waals surface area contributed by atoms with Crippen LogP contribution in [0.3, 0.4) is 0 Å². The van der Waals surface area contributed by atoms with Crippen molar-refractivity contribution in [1.29, 1.82) is 0 Å². The number of ether oxygens (including phenoxy) is 2. The zero-order valence-electron chi connectivity index (χ0n) is 14.2. The van der Waals surface area contributed by atoms with Crippen molar-refractivity contribution in [2.75, 3.05) is 7.11 Å². The van der Waals surface area contributed by atoms with Crippen molar-refractivity contribution in [2.24, 2.45) is 0 Å². The number of carbonyl (C=O) groups is 1. The summed E-state index contributed by atoms with van der Waals surface area (Å²) in [7, 11) is 1.33. The molecule has 0 bridgehead atoms. The van der Waals surface area contributed by atoms with E-state index in [1.54, 1.807) is 30.3 Å². The molecule has 1 unspecified atom stereocenters. The van der Waals surface area contributed by atoms with Crippen molar-refractivity contribution in [2.45, 2.75) is 19.8 Å². The van der Waals surface area contributed by atoms with E-state index in [1.807, 2.05) is 16.7 Å². The fourth-order valence-corrected chi connectivity index (χ4v) is 3.13. The molecule has 0 spiro atoms. The highest BCUT2D eigenvalue weighted by Gasteiger charge is 2.19. The van der Waals surface area contributed by atoms with Crippen molar-refractivity contribution >= 4 is 40.1 Å². The molecule has 0 aliphatic rings. The van der Waals surface area contributed by atoms with Gasteiger partial charge in [-0.2, -0.15) is 0 Å². The first kappa shape index (κ1) is 18.6. The number of hydrogen-bond acceptors (Lipinski definition) is 4. The molecule has 1 atom stereocenters. The topological polar surface area (TPSA) is 60.7 Å². The van der Waals surface area contributed by atoms with Crippen molar-refractivity contribution in [3.63, 3.8) is 0 Å². The highest BCUT2D eigenvalue weighted by molar-refractivity contribution is 6.42. The largest absolute Gasteiger partial charge is 0.465 e. The molecular weight excluding hydrogens is 377 g/mol. The second kappa shape index (κ2) is 7.58. The molecule has 0 saturated carbocycles. The van der Waals surface area contributed by atoms with Crippen LogP contribution in [0, 0.1) is 0 Å². The van der Waals surface area contributed by atoms with Gasteiger partial charge in [-0.25, -0.2) is 4.79 Å². The van der Waals surface area contributed by atoms with Crippen LogP contribution in [-0.4, -0.2) is 29.0 Å². The Bertz CT molecular complexity index is 966. The van der Waals surface area contributed by atoms with E-state index in [0.29, 0.717) is 33.4 Å². The van der Waals surface area contributed by atoms with Crippen LogP contribution >= 0.6 is 23.2 Å². The Labute approximate surface area is 160 Å². The summed E-state index contributed by atoms with van der Waals surface area (Å²) in [6.45, 7) is 1.91. The van der Waals surface area contributed by atoms with Gasteiger partial charge in [0.05, 0.1) is 22.7 Å². The maximum atomic E-state index is 12.3. The van der Waals surface area contributed by atoms with Crippen LogP contribution in [0.2, 0.25) is 10.0 Å². The van der Waals surface area contributed by atoms with Crippen LogP contribution in [-0.2, 0) is 11.3 Å². The lowest BCUT2D eigenvalue weighted by Gasteiger charge is -2.12. The zero-order valence-corrected chi connectivity index (χ0v) is 15.7. The average molecular weight is 394 g/mol. The molecule has 0 amide bonds. The second-order valence-electron chi connectivity index (χ2n) is 5.76. The zero-order chi connectivity index (χ0) is 18.8. The van der Waals surface area contributed by atoms with Crippen LogP contribution in [0.15, 0.2) is 42.5 Å². The maximum Gasteiger partial charge on any atom is 0.354 e. The first-order valence-electron chi connectivity index (χ1n) is 7.90. The summed E-state index contributed by atoms with van der Waals surface area (Å²) in [5.74, 6) is 0.0137. The van der Waals surface area contributed by atoms with Gasteiger partial charge in [0.15, 0.2) is 6.29 Å². The molecule has 0 aliphatic heterocycles. The quantitative estimate of drug-likeness (QED) is 0.511. The van der Waals surface area contributed by atoms with Crippen LogP contribution in [0.5, 0.6) is 5.75 Å². The summed E-state index contributed by atoms with van der Waals surface area (Å²) >= 11 is 12.1. The van der Waals surface area contributed by atoms with E-state index in [0.717, 1.165) is 11.1 Å². The van der Waals surface area contributed by atoms with Crippen LogP contribution in [0.1, 0.15) is 23.0 Å². The molecule has 0 aliphatic carbocycles. The minimum atomic E-state index is -0.972. The Hall–Kier alpha value is -2.21. The third kappa shape index (κ3) is 3.65. The Kier molecular flexibility index (Phi) is 5.41. The molecule has 26 heavy (non-hydrogen) atoms. The molecule has 3 aromatic rings.